The van der Waals surface area contributed by atoms with Gasteiger partial charge >= 0.3 is 0 Å². The van der Waals surface area contributed by atoms with Crippen molar-refractivity contribution in [2.45, 2.75) is 37.8 Å². The van der Waals surface area contributed by atoms with Crippen LogP contribution in [-0.2, 0) is 14.3 Å². The number of fused-ring (bicyclic) bond motifs is 1. The van der Waals surface area contributed by atoms with Gasteiger partial charge in [0, 0.05) is 6.20 Å². The Morgan fingerprint density at radius 2 is 1.86 bits per heavy atom. The topological polar surface area (TPSA) is 68.7 Å². The third kappa shape index (κ3) is 2.82. The molecular weight excluding hydrogens is 368 g/mol. The predicted molar refractivity (Wildman–Crippen MR) is 106 cm³/mol. The Labute approximate surface area is 169 Å². The summed E-state index contributed by atoms with van der Waals surface area (Å²) < 4.78 is 11.4. The molecule has 148 valence electrons. The highest BCUT2D eigenvalue weighted by Crippen LogP contribution is 2.47. The van der Waals surface area contributed by atoms with Crippen LogP contribution >= 0.6 is 0 Å². The highest BCUT2D eigenvalue weighted by molar-refractivity contribution is 6.17. The van der Waals surface area contributed by atoms with E-state index in [0.29, 0.717) is 11.4 Å². The molecular formula is C23H22N2O4. The van der Waals surface area contributed by atoms with E-state index in [-0.39, 0.29) is 29.5 Å². The molecule has 3 unspecified atom stereocenters. The lowest BCUT2D eigenvalue weighted by Crippen LogP contribution is -2.39. The summed E-state index contributed by atoms with van der Waals surface area (Å²) in [6.07, 6.45) is 5.12. The van der Waals surface area contributed by atoms with Crippen LogP contribution in [0.25, 0.3) is 0 Å². The molecule has 0 spiro atoms. The number of ether oxygens (including phenoxy) is 2. The molecule has 1 saturated carbocycles. The van der Waals surface area contributed by atoms with E-state index < -0.39 is 6.04 Å². The molecule has 0 N–H and O–H groups in total. The van der Waals surface area contributed by atoms with Crippen molar-refractivity contribution < 1.29 is 19.1 Å². The molecule has 1 amide bonds. The second kappa shape index (κ2) is 7.03. The van der Waals surface area contributed by atoms with Crippen LogP contribution in [0.15, 0.2) is 60.0 Å². The van der Waals surface area contributed by atoms with Crippen LogP contribution in [0.1, 0.15) is 37.3 Å². The SMILES string of the molecule is COc1ccc(C2C3=C(OC4CCCCC4C3=O)C(=O)N2c2ccccn2)cc1. The molecule has 3 heterocycles. The number of carbonyl (C=O) groups excluding carboxylic acids is 2. The van der Waals surface area contributed by atoms with Crippen molar-refractivity contribution in [3.05, 3.63) is 65.6 Å². The van der Waals surface area contributed by atoms with E-state index in [1.165, 1.54) is 0 Å². The molecule has 0 bridgehead atoms. The van der Waals surface area contributed by atoms with Crippen LogP contribution in [0.3, 0.4) is 0 Å². The number of rotatable bonds is 3. The molecule has 1 aliphatic carbocycles. The van der Waals surface area contributed by atoms with Gasteiger partial charge in [0.15, 0.2) is 11.5 Å². The molecule has 2 aliphatic heterocycles. The van der Waals surface area contributed by atoms with Gasteiger partial charge in [-0.25, -0.2) is 4.98 Å². The minimum absolute atomic E-state index is 0.0450. The number of amides is 1. The first-order valence-electron chi connectivity index (χ1n) is 10.0. The highest BCUT2D eigenvalue weighted by Gasteiger charge is 2.52. The smallest absolute Gasteiger partial charge is 0.295 e. The van der Waals surface area contributed by atoms with E-state index in [2.05, 4.69) is 4.98 Å². The van der Waals surface area contributed by atoms with Gasteiger partial charge in [0.25, 0.3) is 5.91 Å². The van der Waals surface area contributed by atoms with Crippen molar-refractivity contribution >= 4 is 17.5 Å². The number of hydrogen-bond donors (Lipinski definition) is 0. The van der Waals surface area contributed by atoms with E-state index in [1.807, 2.05) is 30.3 Å². The summed E-state index contributed by atoms with van der Waals surface area (Å²) in [6, 6.07) is 12.3. The van der Waals surface area contributed by atoms with E-state index in [0.717, 1.165) is 37.0 Å². The number of methoxy groups -OCH3 is 1. The Kier molecular flexibility index (Phi) is 4.34. The highest BCUT2D eigenvalue weighted by atomic mass is 16.5. The fourth-order valence-electron chi connectivity index (χ4n) is 4.68. The Morgan fingerprint density at radius 1 is 1.07 bits per heavy atom. The number of hydrogen-bond acceptors (Lipinski definition) is 5. The lowest BCUT2D eigenvalue weighted by Gasteiger charge is -2.35. The number of nitrogens with zero attached hydrogens (tertiary/aromatic N) is 2. The number of carbonyl (C=O) groups is 2. The molecule has 1 fully saturated rings. The number of anilines is 1. The van der Waals surface area contributed by atoms with Crippen LogP contribution in [-0.4, -0.2) is 29.9 Å². The van der Waals surface area contributed by atoms with Gasteiger partial charge in [-0.3, -0.25) is 14.5 Å². The number of aromatic nitrogens is 1. The van der Waals surface area contributed by atoms with Gasteiger partial charge in [0.2, 0.25) is 0 Å². The van der Waals surface area contributed by atoms with Crippen molar-refractivity contribution in [1.29, 1.82) is 0 Å². The summed E-state index contributed by atoms with van der Waals surface area (Å²) in [5.41, 5.74) is 1.30. The fourth-order valence-corrected chi connectivity index (χ4v) is 4.68. The summed E-state index contributed by atoms with van der Waals surface area (Å²) in [5.74, 6) is 1.01. The molecule has 1 aromatic carbocycles. The first-order valence-corrected chi connectivity index (χ1v) is 10.0. The molecule has 2 aromatic rings. The summed E-state index contributed by atoms with van der Waals surface area (Å²) in [4.78, 5) is 32.9. The number of benzene rings is 1. The number of pyridine rings is 1. The zero-order chi connectivity index (χ0) is 20.0. The van der Waals surface area contributed by atoms with Crippen LogP contribution in [0.2, 0.25) is 0 Å². The van der Waals surface area contributed by atoms with Crippen molar-refractivity contribution in [2.75, 3.05) is 12.0 Å². The minimum atomic E-state index is -0.548. The summed E-state index contributed by atoms with van der Waals surface area (Å²) in [7, 11) is 1.61. The number of ketones is 1. The second-order valence-corrected chi connectivity index (χ2v) is 7.69. The minimum Gasteiger partial charge on any atom is -0.497 e. The largest absolute Gasteiger partial charge is 0.497 e. The van der Waals surface area contributed by atoms with Gasteiger partial charge in [-0.15, -0.1) is 0 Å². The van der Waals surface area contributed by atoms with Crippen LogP contribution in [0.5, 0.6) is 5.75 Å². The molecule has 6 nitrogen and oxygen atoms in total. The first kappa shape index (κ1) is 17.9. The molecule has 5 rings (SSSR count). The Morgan fingerprint density at radius 3 is 2.59 bits per heavy atom. The Balaban J connectivity index is 1.64. The van der Waals surface area contributed by atoms with Crippen molar-refractivity contribution in [2.24, 2.45) is 5.92 Å². The van der Waals surface area contributed by atoms with Gasteiger partial charge in [-0.2, -0.15) is 0 Å². The van der Waals surface area contributed by atoms with Crippen molar-refractivity contribution in [3.8, 4) is 5.75 Å². The zero-order valence-corrected chi connectivity index (χ0v) is 16.2. The van der Waals surface area contributed by atoms with Gasteiger partial charge < -0.3 is 9.47 Å². The average molecular weight is 390 g/mol. The maximum absolute atomic E-state index is 13.5. The van der Waals surface area contributed by atoms with E-state index >= 15 is 0 Å². The summed E-state index contributed by atoms with van der Waals surface area (Å²) >= 11 is 0. The normalized spacial score (nSPS) is 26.1. The molecule has 3 aliphatic rings. The molecule has 1 aromatic heterocycles. The average Bonchev–Trinajstić information content (AvgIpc) is 3.07. The molecule has 6 heteroatoms. The molecule has 0 radical (unpaired) electrons. The molecule has 3 atom stereocenters. The van der Waals surface area contributed by atoms with Gasteiger partial charge in [-0.1, -0.05) is 24.6 Å². The summed E-state index contributed by atoms with van der Waals surface area (Å²) in [5, 5.41) is 0. The maximum atomic E-state index is 13.5. The lowest BCUT2D eigenvalue weighted by molar-refractivity contribution is -0.131. The standard InChI is InChI=1S/C23H22N2O4/c1-28-15-11-9-14(10-12-15)20-19-21(26)16-6-2-3-7-17(16)29-22(19)23(27)25(20)18-8-4-5-13-24-18/h4-5,8-13,16-17,20H,2-3,6-7H2,1H3. The zero-order valence-electron chi connectivity index (χ0n) is 16.2. The molecule has 0 saturated heterocycles. The van der Waals surface area contributed by atoms with E-state index in [9.17, 15) is 9.59 Å². The second-order valence-electron chi connectivity index (χ2n) is 7.69. The third-order valence-corrected chi connectivity index (χ3v) is 6.09. The van der Waals surface area contributed by atoms with Crippen molar-refractivity contribution in [1.82, 2.24) is 4.98 Å². The number of Topliss-reactive ketones (excluding diaryl/α,β-unsaturated/α-hetero) is 1. The third-order valence-electron chi connectivity index (χ3n) is 6.09. The quantitative estimate of drug-likeness (QED) is 0.801. The molecule has 29 heavy (non-hydrogen) atoms. The van der Waals surface area contributed by atoms with Gasteiger partial charge in [0.1, 0.15) is 17.7 Å². The first-order chi connectivity index (χ1) is 14.2. The van der Waals surface area contributed by atoms with Crippen LogP contribution in [0, 0.1) is 5.92 Å². The maximum Gasteiger partial charge on any atom is 0.295 e. The Bertz CT molecular complexity index is 984. The van der Waals surface area contributed by atoms with E-state index in [4.69, 9.17) is 9.47 Å². The van der Waals surface area contributed by atoms with Crippen LogP contribution < -0.4 is 9.64 Å². The predicted octanol–water partition coefficient (Wildman–Crippen LogP) is 3.59. The van der Waals surface area contributed by atoms with Gasteiger partial charge in [-0.05, 0) is 49.1 Å². The lowest BCUT2D eigenvalue weighted by atomic mass is 9.77. The van der Waals surface area contributed by atoms with Crippen LogP contribution in [0.4, 0.5) is 5.82 Å². The van der Waals surface area contributed by atoms with Crippen molar-refractivity contribution in [3.63, 3.8) is 0 Å². The monoisotopic (exact) mass is 390 g/mol. The van der Waals surface area contributed by atoms with Gasteiger partial charge in [0.05, 0.1) is 24.6 Å². The Hall–Kier alpha value is -3.15. The summed E-state index contributed by atoms with van der Waals surface area (Å²) in [6.45, 7) is 0. The van der Waals surface area contributed by atoms with E-state index in [1.54, 1.807) is 30.3 Å². The fraction of sp³-hybridized carbons (Fsp3) is 0.348.